The number of phenols is 1. The SMILES string of the molecule is Cc1cc(/C=N/NC(=O)c2cc(-c3ccc(Cl)cc3Cl)ns2)cc(C)c1O. The molecule has 0 radical (unpaired) electrons. The number of carbonyl (C=O) groups excluding carboxylic acids is 1. The number of amides is 1. The standard InChI is InChI=1S/C19H15Cl2N3O2S/c1-10-5-12(6-11(2)18(10)25)9-22-23-19(26)17-8-16(24-27-17)14-4-3-13(20)7-15(14)21/h3-9,25H,1-2H3,(H,23,26)/b22-9+. The smallest absolute Gasteiger partial charge is 0.283 e. The molecule has 0 fully saturated rings. The van der Waals surface area contributed by atoms with Crippen molar-refractivity contribution >= 4 is 46.9 Å². The molecule has 0 unspecified atom stereocenters. The Morgan fingerprint density at radius 3 is 2.56 bits per heavy atom. The lowest BCUT2D eigenvalue weighted by molar-refractivity contribution is 0.0959. The summed E-state index contributed by atoms with van der Waals surface area (Å²) < 4.78 is 4.27. The van der Waals surface area contributed by atoms with Gasteiger partial charge >= 0.3 is 0 Å². The van der Waals surface area contributed by atoms with Gasteiger partial charge in [-0.25, -0.2) is 5.43 Å². The van der Waals surface area contributed by atoms with E-state index < -0.39 is 0 Å². The van der Waals surface area contributed by atoms with Crippen LogP contribution in [0.2, 0.25) is 10.0 Å². The third-order valence-electron chi connectivity index (χ3n) is 3.83. The van der Waals surface area contributed by atoms with Gasteiger partial charge in [0.1, 0.15) is 10.6 Å². The summed E-state index contributed by atoms with van der Waals surface area (Å²) in [6, 6.07) is 10.3. The number of benzene rings is 2. The fraction of sp³-hybridized carbons (Fsp3) is 0.105. The Morgan fingerprint density at radius 2 is 1.89 bits per heavy atom. The van der Waals surface area contributed by atoms with Crippen molar-refractivity contribution in [2.75, 3.05) is 0 Å². The minimum absolute atomic E-state index is 0.259. The first-order valence-corrected chi connectivity index (χ1v) is 9.44. The zero-order chi connectivity index (χ0) is 19.6. The molecule has 5 nitrogen and oxygen atoms in total. The molecule has 2 aromatic carbocycles. The number of hydrogen-bond donors (Lipinski definition) is 2. The number of aromatic nitrogens is 1. The van der Waals surface area contributed by atoms with Crippen LogP contribution in [0.15, 0.2) is 41.5 Å². The van der Waals surface area contributed by atoms with Gasteiger partial charge in [0, 0.05) is 10.6 Å². The minimum atomic E-state index is -0.368. The van der Waals surface area contributed by atoms with Crippen LogP contribution in [0.25, 0.3) is 11.3 Å². The highest BCUT2D eigenvalue weighted by atomic mass is 35.5. The summed E-state index contributed by atoms with van der Waals surface area (Å²) in [5.74, 6) is -0.110. The van der Waals surface area contributed by atoms with Crippen LogP contribution in [-0.2, 0) is 0 Å². The molecule has 1 heterocycles. The van der Waals surface area contributed by atoms with E-state index in [2.05, 4.69) is 14.9 Å². The summed E-state index contributed by atoms with van der Waals surface area (Å²) in [5, 5.41) is 14.8. The number of nitrogens with zero attached hydrogens (tertiary/aromatic N) is 2. The molecule has 1 aromatic heterocycles. The van der Waals surface area contributed by atoms with Crippen molar-refractivity contribution in [2.24, 2.45) is 5.10 Å². The van der Waals surface area contributed by atoms with Gasteiger partial charge in [0.25, 0.3) is 5.91 Å². The molecule has 0 aliphatic rings. The van der Waals surface area contributed by atoms with Gasteiger partial charge in [-0.15, -0.1) is 0 Å². The first-order valence-electron chi connectivity index (χ1n) is 7.91. The van der Waals surface area contributed by atoms with Crippen LogP contribution in [0.1, 0.15) is 26.4 Å². The van der Waals surface area contributed by atoms with Crippen molar-refractivity contribution in [3.8, 4) is 17.0 Å². The molecule has 1 amide bonds. The van der Waals surface area contributed by atoms with Crippen LogP contribution in [0.4, 0.5) is 0 Å². The summed E-state index contributed by atoms with van der Waals surface area (Å²) in [7, 11) is 0. The molecule has 27 heavy (non-hydrogen) atoms. The summed E-state index contributed by atoms with van der Waals surface area (Å²) in [4.78, 5) is 12.7. The first-order chi connectivity index (χ1) is 12.8. The summed E-state index contributed by atoms with van der Waals surface area (Å²) in [6.45, 7) is 3.61. The summed E-state index contributed by atoms with van der Waals surface area (Å²) in [6.07, 6.45) is 1.52. The summed E-state index contributed by atoms with van der Waals surface area (Å²) >= 11 is 13.1. The van der Waals surface area contributed by atoms with Gasteiger partial charge in [-0.1, -0.05) is 23.2 Å². The van der Waals surface area contributed by atoms with Gasteiger partial charge in [0.2, 0.25) is 0 Å². The van der Waals surface area contributed by atoms with E-state index in [1.165, 1.54) is 6.21 Å². The highest BCUT2D eigenvalue weighted by Crippen LogP contribution is 2.31. The van der Waals surface area contributed by atoms with Crippen LogP contribution in [0.5, 0.6) is 5.75 Å². The van der Waals surface area contributed by atoms with E-state index in [0.717, 1.165) is 28.2 Å². The predicted molar refractivity (Wildman–Crippen MR) is 110 cm³/mol. The lowest BCUT2D eigenvalue weighted by Gasteiger charge is -2.04. The molecule has 3 aromatic rings. The molecule has 0 saturated heterocycles. The van der Waals surface area contributed by atoms with Crippen molar-refractivity contribution in [3.63, 3.8) is 0 Å². The van der Waals surface area contributed by atoms with Crippen molar-refractivity contribution in [3.05, 3.63) is 68.0 Å². The molecule has 0 bridgehead atoms. The average Bonchev–Trinajstić information content (AvgIpc) is 3.09. The van der Waals surface area contributed by atoms with Gasteiger partial charge in [0.15, 0.2) is 0 Å². The number of rotatable bonds is 4. The Kier molecular flexibility index (Phi) is 5.79. The number of hydrogen-bond acceptors (Lipinski definition) is 5. The third-order valence-corrected chi connectivity index (χ3v) is 5.17. The van der Waals surface area contributed by atoms with E-state index >= 15 is 0 Å². The van der Waals surface area contributed by atoms with Gasteiger partial charge < -0.3 is 5.11 Å². The maximum Gasteiger partial charge on any atom is 0.283 e. The number of nitrogens with one attached hydrogen (secondary N) is 1. The van der Waals surface area contributed by atoms with Gasteiger partial charge in [-0.3, -0.25) is 4.79 Å². The van der Waals surface area contributed by atoms with Crippen molar-refractivity contribution in [1.82, 2.24) is 9.80 Å². The zero-order valence-corrected chi connectivity index (χ0v) is 16.8. The second kappa shape index (κ2) is 8.08. The Morgan fingerprint density at radius 1 is 1.19 bits per heavy atom. The normalized spacial score (nSPS) is 11.1. The van der Waals surface area contributed by atoms with Crippen molar-refractivity contribution < 1.29 is 9.90 Å². The van der Waals surface area contributed by atoms with Gasteiger partial charge in [-0.2, -0.15) is 9.47 Å². The molecule has 0 aliphatic carbocycles. The molecular weight excluding hydrogens is 405 g/mol. The van der Waals surface area contributed by atoms with Crippen LogP contribution in [0.3, 0.4) is 0 Å². The fourth-order valence-electron chi connectivity index (χ4n) is 2.49. The van der Waals surface area contributed by atoms with Crippen LogP contribution < -0.4 is 5.43 Å². The Hall–Kier alpha value is -2.41. The van der Waals surface area contributed by atoms with Crippen molar-refractivity contribution in [2.45, 2.75) is 13.8 Å². The molecule has 2 N–H and O–H groups in total. The zero-order valence-electron chi connectivity index (χ0n) is 14.5. The molecule has 8 heteroatoms. The van der Waals surface area contributed by atoms with Crippen LogP contribution in [-0.4, -0.2) is 21.6 Å². The fourth-order valence-corrected chi connectivity index (χ4v) is 3.64. The van der Waals surface area contributed by atoms with E-state index in [4.69, 9.17) is 23.2 Å². The lowest BCUT2D eigenvalue weighted by Crippen LogP contribution is -2.16. The van der Waals surface area contributed by atoms with Crippen molar-refractivity contribution in [1.29, 1.82) is 0 Å². The number of aromatic hydroxyl groups is 1. The topological polar surface area (TPSA) is 74.6 Å². The number of halogens is 2. The average molecular weight is 420 g/mol. The Labute approximate surface area is 170 Å². The van der Waals surface area contributed by atoms with Crippen LogP contribution >= 0.6 is 34.7 Å². The Bertz CT molecular complexity index is 1020. The molecule has 0 aliphatic heterocycles. The second-order valence-electron chi connectivity index (χ2n) is 5.90. The van der Waals surface area contributed by atoms with Gasteiger partial charge in [-0.05, 0) is 78.5 Å². The number of phenolic OH excluding ortho intramolecular Hbond substituents is 1. The third kappa shape index (κ3) is 4.47. The second-order valence-corrected chi connectivity index (χ2v) is 7.55. The minimum Gasteiger partial charge on any atom is -0.507 e. The number of carbonyl (C=O) groups is 1. The Balaban J connectivity index is 1.71. The monoisotopic (exact) mass is 419 g/mol. The van der Waals surface area contributed by atoms with Gasteiger partial charge in [0.05, 0.1) is 16.9 Å². The predicted octanol–water partition coefficient (Wildman–Crippen LogP) is 5.20. The largest absolute Gasteiger partial charge is 0.507 e. The molecular formula is C19H15Cl2N3O2S. The molecule has 0 saturated carbocycles. The molecule has 138 valence electrons. The number of aryl methyl sites for hydroxylation is 2. The van der Waals surface area contributed by atoms with E-state index in [1.807, 2.05) is 0 Å². The van der Waals surface area contributed by atoms with E-state index in [0.29, 0.717) is 26.2 Å². The van der Waals surface area contributed by atoms with E-state index in [1.54, 1.807) is 50.2 Å². The number of hydrazone groups is 1. The first kappa shape index (κ1) is 19.4. The molecule has 0 spiro atoms. The molecule has 3 rings (SSSR count). The lowest BCUT2D eigenvalue weighted by atomic mass is 10.1. The van der Waals surface area contributed by atoms with E-state index in [9.17, 15) is 9.90 Å². The molecule has 0 atom stereocenters. The highest BCUT2D eigenvalue weighted by molar-refractivity contribution is 7.08. The maximum atomic E-state index is 12.3. The highest BCUT2D eigenvalue weighted by Gasteiger charge is 2.13. The van der Waals surface area contributed by atoms with E-state index in [-0.39, 0.29) is 11.7 Å². The quantitative estimate of drug-likeness (QED) is 0.450. The maximum absolute atomic E-state index is 12.3. The summed E-state index contributed by atoms with van der Waals surface area (Å²) in [5.41, 5.74) is 6.04. The van der Waals surface area contributed by atoms with Crippen LogP contribution in [0, 0.1) is 13.8 Å².